The van der Waals surface area contributed by atoms with Crippen molar-refractivity contribution in [1.82, 2.24) is 9.97 Å². The zero-order valence-corrected chi connectivity index (χ0v) is 20.0. The number of anilines is 1. The molecule has 4 rings (SSSR count). The van der Waals surface area contributed by atoms with Gasteiger partial charge in [-0.1, -0.05) is 18.7 Å². The molecule has 0 spiro atoms. The highest BCUT2D eigenvalue weighted by Gasteiger charge is 2.29. The fraction of sp³-hybridized carbons (Fsp3) is 0.333. The predicted molar refractivity (Wildman–Crippen MR) is 128 cm³/mol. The van der Waals surface area contributed by atoms with Crippen LogP contribution in [0.1, 0.15) is 41.1 Å². The van der Waals surface area contributed by atoms with Crippen LogP contribution in [-0.4, -0.2) is 34.2 Å². The van der Waals surface area contributed by atoms with E-state index in [-0.39, 0.29) is 30.1 Å². The monoisotopic (exact) mass is 485 g/mol. The van der Waals surface area contributed by atoms with Gasteiger partial charge in [-0.2, -0.15) is 0 Å². The van der Waals surface area contributed by atoms with Crippen LogP contribution in [0, 0.1) is 11.7 Å². The Morgan fingerprint density at radius 2 is 2.06 bits per heavy atom. The Bertz CT molecular complexity index is 1160. The van der Waals surface area contributed by atoms with E-state index in [0.717, 1.165) is 35.3 Å². The highest BCUT2D eigenvalue weighted by Crippen LogP contribution is 2.40. The Hall–Kier alpha value is -2.78. The Balaban J connectivity index is 1.46. The summed E-state index contributed by atoms with van der Waals surface area (Å²) in [6, 6.07) is 7.78. The number of esters is 1. The first kappa shape index (κ1) is 23.4. The molecule has 0 unspecified atom stereocenters. The number of rotatable bonds is 7. The molecule has 0 aliphatic heterocycles. The minimum Gasteiger partial charge on any atom is -0.462 e. The van der Waals surface area contributed by atoms with E-state index in [0.29, 0.717) is 27.3 Å². The zero-order valence-electron chi connectivity index (χ0n) is 18.4. The maximum atomic E-state index is 13.2. The maximum Gasteiger partial charge on any atom is 0.341 e. The quantitative estimate of drug-likeness (QED) is 0.275. The number of halogens is 1. The summed E-state index contributed by atoms with van der Waals surface area (Å²) in [6.45, 7) is 4.25. The number of nitrogens with one attached hydrogen (secondary N) is 1. The number of carbonyl (C=O) groups excluding carboxylic acids is 2. The van der Waals surface area contributed by atoms with E-state index in [4.69, 9.17) is 4.74 Å². The van der Waals surface area contributed by atoms with Crippen molar-refractivity contribution in [3.8, 4) is 11.3 Å². The number of carbonyl (C=O) groups is 2. The lowest BCUT2D eigenvalue weighted by molar-refractivity contribution is -0.113. The highest BCUT2D eigenvalue weighted by atomic mass is 32.2. The number of thioether (sulfide) groups is 1. The van der Waals surface area contributed by atoms with Gasteiger partial charge in [0.15, 0.2) is 5.16 Å². The third kappa shape index (κ3) is 5.59. The minimum absolute atomic E-state index is 0.0914. The molecular formula is C24H24FN3O3S2. The van der Waals surface area contributed by atoms with Gasteiger partial charge in [0.2, 0.25) is 5.91 Å². The molecule has 2 aromatic heterocycles. The topological polar surface area (TPSA) is 81.2 Å². The molecule has 0 fully saturated rings. The second kappa shape index (κ2) is 10.4. The first-order valence-electron chi connectivity index (χ1n) is 10.8. The molecule has 1 atom stereocenters. The maximum absolute atomic E-state index is 13.2. The van der Waals surface area contributed by atoms with E-state index < -0.39 is 0 Å². The van der Waals surface area contributed by atoms with Crippen molar-refractivity contribution < 1.29 is 18.7 Å². The molecule has 1 amide bonds. The van der Waals surface area contributed by atoms with E-state index >= 15 is 0 Å². The van der Waals surface area contributed by atoms with Gasteiger partial charge < -0.3 is 10.1 Å². The fourth-order valence-electron chi connectivity index (χ4n) is 3.74. The molecular weight excluding hydrogens is 461 g/mol. The SMILES string of the molecule is CCOC(=O)c1c(NC(=O)CSc2nccc(-c3ccc(F)cc3)n2)sc2c1CC[C@@H](C)C2. The van der Waals surface area contributed by atoms with Crippen molar-refractivity contribution in [3.05, 3.63) is 58.3 Å². The summed E-state index contributed by atoms with van der Waals surface area (Å²) in [5.41, 5.74) is 2.92. The molecule has 0 saturated carbocycles. The third-order valence-corrected chi connectivity index (χ3v) is 7.38. The van der Waals surface area contributed by atoms with Crippen molar-refractivity contribution in [3.63, 3.8) is 0 Å². The van der Waals surface area contributed by atoms with Gasteiger partial charge in [-0.15, -0.1) is 11.3 Å². The molecule has 1 aromatic carbocycles. The van der Waals surface area contributed by atoms with Crippen molar-refractivity contribution in [1.29, 1.82) is 0 Å². The van der Waals surface area contributed by atoms with Crippen LogP contribution in [0.4, 0.5) is 9.39 Å². The largest absolute Gasteiger partial charge is 0.462 e. The second-order valence-corrected chi connectivity index (χ2v) is 9.89. The summed E-state index contributed by atoms with van der Waals surface area (Å²) >= 11 is 2.67. The third-order valence-electron chi connectivity index (χ3n) is 5.35. The summed E-state index contributed by atoms with van der Waals surface area (Å²) in [7, 11) is 0. The number of thiophene rings is 1. The minimum atomic E-state index is -0.386. The molecule has 33 heavy (non-hydrogen) atoms. The zero-order chi connectivity index (χ0) is 23.4. The smallest absolute Gasteiger partial charge is 0.341 e. The lowest BCUT2D eigenvalue weighted by atomic mass is 9.88. The number of hydrogen-bond acceptors (Lipinski definition) is 7. The van der Waals surface area contributed by atoms with Crippen LogP contribution in [0.5, 0.6) is 0 Å². The standard InChI is InChI=1S/C24H24FN3O3S2/c1-3-31-23(30)21-17-9-4-14(2)12-19(17)33-22(21)28-20(29)13-32-24-26-11-10-18(27-24)15-5-7-16(25)8-6-15/h5-8,10-11,14H,3-4,9,12-13H2,1-2H3,(H,28,29)/t14-/m1/s1. The molecule has 0 radical (unpaired) electrons. The molecule has 6 nitrogen and oxygen atoms in total. The fourth-order valence-corrected chi connectivity index (χ4v) is 5.79. The molecule has 1 aliphatic carbocycles. The summed E-state index contributed by atoms with van der Waals surface area (Å²) in [5.74, 6) is -0.300. The van der Waals surface area contributed by atoms with Crippen molar-refractivity contribution in [2.75, 3.05) is 17.7 Å². The molecule has 1 N–H and O–H groups in total. The van der Waals surface area contributed by atoms with Crippen LogP contribution in [0.3, 0.4) is 0 Å². The van der Waals surface area contributed by atoms with Gasteiger partial charge in [-0.25, -0.2) is 19.2 Å². The van der Waals surface area contributed by atoms with Crippen LogP contribution in [-0.2, 0) is 22.4 Å². The van der Waals surface area contributed by atoms with Gasteiger partial charge in [-0.05, 0) is 68.0 Å². The molecule has 0 saturated heterocycles. The van der Waals surface area contributed by atoms with Gasteiger partial charge >= 0.3 is 5.97 Å². The molecule has 3 aromatic rings. The van der Waals surface area contributed by atoms with Crippen molar-refractivity contribution in [2.45, 2.75) is 38.3 Å². The predicted octanol–water partition coefficient (Wildman–Crippen LogP) is 5.38. The lowest BCUT2D eigenvalue weighted by Gasteiger charge is -2.18. The van der Waals surface area contributed by atoms with Crippen LogP contribution in [0.15, 0.2) is 41.7 Å². The summed E-state index contributed by atoms with van der Waals surface area (Å²) in [6.07, 6.45) is 4.34. The van der Waals surface area contributed by atoms with E-state index in [1.165, 1.54) is 35.2 Å². The summed E-state index contributed by atoms with van der Waals surface area (Å²) in [5, 5.41) is 3.90. The number of amides is 1. The number of fused-ring (bicyclic) bond motifs is 1. The normalized spacial score (nSPS) is 15.1. The first-order valence-corrected chi connectivity index (χ1v) is 12.6. The van der Waals surface area contributed by atoms with Crippen LogP contribution >= 0.6 is 23.1 Å². The van der Waals surface area contributed by atoms with Gasteiger partial charge in [-0.3, -0.25) is 4.79 Å². The van der Waals surface area contributed by atoms with E-state index in [2.05, 4.69) is 22.2 Å². The van der Waals surface area contributed by atoms with Crippen molar-refractivity contribution in [2.24, 2.45) is 5.92 Å². The summed E-state index contributed by atoms with van der Waals surface area (Å²) in [4.78, 5) is 35.2. The number of hydrogen-bond donors (Lipinski definition) is 1. The number of nitrogens with zero attached hydrogens (tertiary/aromatic N) is 2. The lowest BCUT2D eigenvalue weighted by Crippen LogP contribution is -2.17. The van der Waals surface area contributed by atoms with Crippen LogP contribution < -0.4 is 5.32 Å². The van der Waals surface area contributed by atoms with Gasteiger partial charge in [0, 0.05) is 16.6 Å². The highest BCUT2D eigenvalue weighted by molar-refractivity contribution is 7.99. The van der Waals surface area contributed by atoms with Crippen molar-refractivity contribution >= 4 is 40.0 Å². The second-order valence-electron chi connectivity index (χ2n) is 7.84. The molecule has 1 aliphatic rings. The van der Waals surface area contributed by atoms with Gasteiger partial charge in [0.1, 0.15) is 10.8 Å². The first-order chi connectivity index (χ1) is 15.9. The molecule has 0 bridgehead atoms. The molecule has 9 heteroatoms. The Morgan fingerprint density at radius 1 is 1.27 bits per heavy atom. The van der Waals surface area contributed by atoms with Gasteiger partial charge in [0.05, 0.1) is 23.6 Å². The van der Waals surface area contributed by atoms with Crippen LogP contribution in [0.25, 0.3) is 11.3 Å². The average molecular weight is 486 g/mol. The number of benzene rings is 1. The Labute approximate surface area is 200 Å². The molecule has 2 heterocycles. The molecule has 172 valence electrons. The number of ether oxygens (including phenoxy) is 1. The van der Waals surface area contributed by atoms with E-state index in [9.17, 15) is 14.0 Å². The Kier molecular flexibility index (Phi) is 7.39. The van der Waals surface area contributed by atoms with E-state index in [1.807, 2.05) is 0 Å². The summed E-state index contributed by atoms with van der Waals surface area (Å²) < 4.78 is 18.4. The Morgan fingerprint density at radius 3 is 2.82 bits per heavy atom. The average Bonchev–Trinajstić information content (AvgIpc) is 3.15. The van der Waals surface area contributed by atoms with Crippen LogP contribution in [0.2, 0.25) is 0 Å². The number of aromatic nitrogens is 2. The van der Waals surface area contributed by atoms with Gasteiger partial charge in [0.25, 0.3) is 0 Å². The van der Waals surface area contributed by atoms with E-state index in [1.54, 1.807) is 31.3 Å².